The summed E-state index contributed by atoms with van der Waals surface area (Å²) >= 11 is 0. The van der Waals surface area contributed by atoms with Crippen LogP contribution >= 0.6 is 0 Å². The first-order valence-electron chi connectivity index (χ1n) is 7.83. The van der Waals surface area contributed by atoms with Crippen molar-refractivity contribution < 1.29 is 14.6 Å². The van der Waals surface area contributed by atoms with Crippen molar-refractivity contribution in [3.63, 3.8) is 0 Å². The third-order valence-corrected chi connectivity index (χ3v) is 3.42. The molecule has 1 aromatic carbocycles. The zero-order chi connectivity index (χ0) is 16.2. The lowest BCUT2D eigenvalue weighted by atomic mass is 10.3. The molecule has 0 saturated heterocycles. The predicted octanol–water partition coefficient (Wildman–Crippen LogP) is 1.33. The van der Waals surface area contributed by atoms with Crippen molar-refractivity contribution in [1.29, 1.82) is 0 Å². The minimum absolute atomic E-state index is 0.345. The van der Waals surface area contributed by atoms with E-state index in [1.54, 1.807) is 7.11 Å². The molecule has 0 aliphatic heterocycles. The Morgan fingerprint density at radius 3 is 2.27 bits per heavy atom. The maximum atomic E-state index is 10.1. The number of rotatable bonds is 12. The molecule has 1 N–H and O–H groups in total. The van der Waals surface area contributed by atoms with Gasteiger partial charge in [-0.15, -0.1) is 0 Å². The molecular weight excluding hydrogens is 280 g/mol. The molecular formula is C17H30N2O3. The molecule has 22 heavy (non-hydrogen) atoms. The Balaban J connectivity index is 2.08. The average molecular weight is 310 g/mol. The largest absolute Gasteiger partial charge is 0.494 e. The molecule has 1 rings (SSSR count). The first-order chi connectivity index (χ1) is 10.6. The fourth-order valence-electron chi connectivity index (χ4n) is 2.25. The molecule has 1 atom stereocenters. The SMILES string of the molecule is COCCN(C)CC(O)CN(C)CCCOc1ccccc1. The van der Waals surface area contributed by atoms with Gasteiger partial charge in [-0.2, -0.15) is 0 Å². The molecule has 0 radical (unpaired) electrons. The van der Waals surface area contributed by atoms with Crippen molar-refractivity contribution in [3.8, 4) is 5.75 Å². The van der Waals surface area contributed by atoms with E-state index in [0.717, 1.165) is 25.3 Å². The van der Waals surface area contributed by atoms with Gasteiger partial charge in [0.15, 0.2) is 0 Å². The maximum Gasteiger partial charge on any atom is 0.119 e. The van der Waals surface area contributed by atoms with Crippen LogP contribution in [0, 0.1) is 0 Å². The second kappa shape index (κ2) is 11.4. The van der Waals surface area contributed by atoms with Crippen LogP contribution < -0.4 is 4.74 Å². The Bertz CT molecular complexity index is 375. The van der Waals surface area contributed by atoms with Crippen LogP contribution in [0.3, 0.4) is 0 Å². The molecule has 5 heteroatoms. The van der Waals surface area contributed by atoms with Crippen LogP contribution in [-0.2, 0) is 4.74 Å². The number of aliphatic hydroxyl groups excluding tert-OH is 1. The van der Waals surface area contributed by atoms with E-state index in [2.05, 4.69) is 9.80 Å². The summed E-state index contributed by atoms with van der Waals surface area (Å²) in [5.41, 5.74) is 0. The topological polar surface area (TPSA) is 45.2 Å². The normalized spacial score (nSPS) is 12.8. The Morgan fingerprint density at radius 1 is 1.00 bits per heavy atom. The first-order valence-corrected chi connectivity index (χ1v) is 7.83. The lowest BCUT2D eigenvalue weighted by Crippen LogP contribution is -2.39. The zero-order valence-corrected chi connectivity index (χ0v) is 14.1. The summed E-state index contributed by atoms with van der Waals surface area (Å²) in [6.07, 6.45) is 0.597. The number of aliphatic hydroxyl groups is 1. The summed E-state index contributed by atoms with van der Waals surface area (Å²) in [7, 11) is 5.71. The standard InChI is InChI=1S/C17H30N2O3/c1-18(14-16(20)15-19(2)11-13-21-3)10-7-12-22-17-8-5-4-6-9-17/h4-6,8-9,16,20H,7,10-15H2,1-3H3. The molecule has 1 unspecified atom stereocenters. The summed E-state index contributed by atoms with van der Waals surface area (Å²) in [5.74, 6) is 0.907. The van der Waals surface area contributed by atoms with Gasteiger partial charge in [0.25, 0.3) is 0 Å². The van der Waals surface area contributed by atoms with Crippen LogP contribution in [0.2, 0.25) is 0 Å². The highest BCUT2D eigenvalue weighted by Gasteiger charge is 2.10. The summed E-state index contributed by atoms with van der Waals surface area (Å²) in [6, 6.07) is 9.84. The maximum absolute atomic E-state index is 10.1. The molecule has 5 nitrogen and oxygen atoms in total. The molecule has 0 amide bonds. The Hall–Kier alpha value is -1.14. The third kappa shape index (κ3) is 9.00. The van der Waals surface area contributed by atoms with Crippen LogP contribution in [0.15, 0.2) is 30.3 Å². The van der Waals surface area contributed by atoms with Crippen LogP contribution in [-0.4, -0.2) is 81.6 Å². The summed E-state index contributed by atoms with van der Waals surface area (Å²) in [6.45, 7) is 4.46. The van der Waals surface area contributed by atoms with E-state index in [1.807, 2.05) is 44.4 Å². The Kier molecular flexibility index (Phi) is 9.82. The second-order valence-electron chi connectivity index (χ2n) is 5.69. The van der Waals surface area contributed by atoms with E-state index < -0.39 is 0 Å². The Labute approximate surface area is 134 Å². The van der Waals surface area contributed by atoms with Crippen LogP contribution in [0.1, 0.15) is 6.42 Å². The molecule has 0 saturated carbocycles. The highest BCUT2D eigenvalue weighted by Crippen LogP contribution is 2.08. The number of nitrogens with zero attached hydrogens (tertiary/aromatic N) is 2. The van der Waals surface area contributed by atoms with Crippen molar-refractivity contribution in [2.45, 2.75) is 12.5 Å². The monoisotopic (exact) mass is 310 g/mol. The number of benzene rings is 1. The van der Waals surface area contributed by atoms with E-state index in [-0.39, 0.29) is 6.10 Å². The molecule has 126 valence electrons. The number of hydrogen-bond donors (Lipinski definition) is 1. The van der Waals surface area contributed by atoms with Crippen molar-refractivity contribution >= 4 is 0 Å². The average Bonchev–Trinajstić information content (AvgIpc) is 2.50. The van der Waals surface area contributed by atoms with E-state index in [0.29, 0.717) is 26.3 Å². The van der Waals surface area contributed by atoms with Crippen LogP contribution in [0.25, 0.3) is 0 Å². The van der Waals surface area contributed by atoms with Crippen molar-refractivity contribution in [2.24, 2.45) is 0 Å². The van der Waals surface area contributed by atoms with E-state index >= 15 is 0 Å². The van der Waals surface area contributed by atoms with E-state index in [1.165, 1.54) is 0 Å². The van der Waals surface area contributed by atoms with Gasteiger partial charge in [0.2, 0.25) is 0 Å². The van der Waals surface area contributed by atoms with Gasteiger partial charge in [-0.3, -0.25) is 0 Å². The fourth-order valence-corrected chi connectivity index (χ4v) is 2.25. The summed E-state index contributed by atoms with van der Waals surface area (Å²) in [5, 5.41) is 10.1. The molecule has 0 bridgehead atoms. The molecule has 0 aliphatic rings. The first kappa shape index (κ1) is 18.9. The highest BCUT2D eigenvalue weighted by atomic mass is 16.5. The van der Waals surface area contributed by atoms with Crippen molar-refractivity contribution in [2.75, 3.05) is 60.6 Å². The van der Waals surface area contributed by atoms with Gasteiger partial charge in [0.1, 0.15) is 5.75 Å². The van der Waals surface area contributed by atoms with E-state index in [9.17, 15) is 5.11 Å². The fraction of sp³-hybridized carbons (Fsp3) is 0.647. The van der Waals surface area contributed by atoms with Gasteiger partial charge >= 0.3 is 0 Å². The van der Waals surface area contributed by atoms with Crippen LogP contribution in [0.5, 0.6) is 5.75 Å². The van der Waals surface area contributed by atoms with Gasteiger partial charge in [-0.05, 0) is 32.6 Å². The minimum atomic E-state index is -0.345. The van der Waals surface area contributed by atoms with Gasteiger partial charge in [-0.25, -0.2) is 0 Å². The van der Waals surface area contributed by atoms with Gasteiger partial charge in [0, 0.05) is 33.3 Å². The van der Waals surface area contributed by atoms with Gasteiger partial charge < -0.3 is 24.4 Å². The Morgan fingerprint density at radius 2 is 1.64 bits per heavy atom. The quantitative estimate of drug-likeness (QED) is 0.590. The molecule has 1 aromatic rings. The van der Waals surface area contributed by atoms with Gasteiger partial charge in [0.05, 0.1) is 19.3 Å². The second-order valence-corrected chi connectivity index (χ2v) is 5.69. The van der Waals surface area contributed by atoms with Crippen molar-refractivity contribution in [3.05, 3.63) is 30.3 Å². The summed E-state index contributed by atoms with van der Waals surface area (Å²) in [4.78, 5) is 4.23. The molecule has 0 fully saturated rings. The minimum Gasteiger partial charge on any atom is -0.494 e. The number of hydrogen-bond acceptors (Lipinski definition) is 5. The smallest absolute Gasteiger partial charge is 0.119 e. The third-order valence-electron chi connectivity index (χ3n) is 3.42. The molecule has 0 heterocycles. The number of ether oxygens (including phenoxy) is 2. The number of para-hydroxylation sites is 1. The lowest BCUT2D eigenvalue weighted by molar-refractivity contribution is 0.0775. The molecule has 0 spiro atoms. The zero-order valence-electron chi connectivity index (χ0n) is 14.1. The number of likely N-dealkylation sites (N-methyl/N-ethyl adjacent to an activating group) is 2. The van der Waals surface area contributed by atoms with Crippen molar-refractivity contribution in [1.82, 2.24) is 9.80 Å². The van der Waals surface area contributed by atoms with Crippen LogP contribution in [0.4, 0.5) is 0 Å². The summed E-state index contributed by atoms with van der Waals surface area (Å²) < 4.78 is 10.7. The predicted molar refractivity (Wildman–Crippen MR) is 89.4 cm³/mol. The highest BCUT2D eigenvalue weighted by molar-refractivity contribution is 5.20. The van der Waals surface area contributed by atoms with E-state index in [4.69, 9.17) is 9.47 Å². The lowest BCUT2D eigenvalue weighted by Gasteiger charge is -2.24. The molecule has 0 aliphatic carbocycles. The number of methoxy groups -OCH3 is 1. The molecule has 0 aromatic heterocycles. The van der Waals surface area contributed by atoms with Gasteiger partial charge in [-0.1, -0.05) is 18.2 Å².